The number of halogens is 2. The van der Waals surface area contributed by atoms with Crippen molar-refractivity contribution >= 4 is 28.6 Å². The Morgan fingerprint density at radius 2 is 2.25 bits per heavy atom. The molecular formula is C10H6ClFN2O2. The predicted molar refractivity (Wildman–Crippen MR) is 55.8 cm³/mol. The molecule has 82 valence electrons. The fraction of sp³-hybridized carbons (Fsp3) is 0.100. The van der Waals surface area contributed by atoms with Crippen LogP contribution < -0.4 is 0 Å². The first-order chi connectivity index (χ1) is 7.61. The fourth-order valence-corrected chi connectivity index (χ4v) is 1.46. The normalized spacial score (nSPS) is 10.4. The van der Waals surface area contributed by atoms with E-state index in [2.05, 4.69) is 14.7 Å². The van der Waals surface area contributed by atoms with Gasteiger partial charge in [-0.2, -0.15) is 0 Å². The minimum absolute atomic E-state index is 0.00694. The zero-order chi connectivity index (χ0) is 11.7. The van der Waals surface area contributed by atoms with E-state index in [0.717, 1.165) is 6.07 Å². The van der Waals surface area contributed by atoms with E-state index in [9.17, 15) is 9.18 Å². The lowest BCUT2D eigenvalue weighted by molar-refractivity contribution is 0.0602. The molecule has 6 heteroatoms. The minimum Gasteiger partial charge on any atom is -0.465 e. The van der Waals surface area contributed by atoms with Crippen molar-refractivity contribution in [1.29, 1.82) is 0 Å². The van der Waals surface area contributed by atoms with Crippen LogP contribution in [0, 0.1) is 5.82 Å². The molecule has 0 spiro atoms. The summed E-state index contributed by atoms with van der Waals surface area (Å²) in [5, 5.41) is 0.129. The number of nitrogens with zero attached hydrogens (tertiary/aromatic N) is 2. The van der Waals surface area contributed by atoms with Crippen LogP contribution in [0.1, 0.15) is 10.4 Å². The molecule has 1 aromatic heterocycles. The van der Waals surface area contributed by atoms with Crippen LogP contribution >= 0.6 is 11.6 Å². The van der Waals surface area contributed by atoms with E-state index in [1.165, 1.54) is 19.4 Å². The van der Waals surface area contributed by atoms with Crippen molar-refractivity contribution in [3.05, 3.63) is 34.9 Å². The largest absolute Gasteiger partial charge is 0.465 e. The van der Waals surface area contributed by atoms with Crippen LogP contribution in [0.2, 0.25) is 5.15 Å². The third kappa shape index (κ3) is 1.81. The van der Waals surface area contributed by atoms with E-state index in [0.29, 0.717) is 0 Å². The van der Waals surface area contributed by atoms with Gasteiger partial charge in [0.2, 0.25) is 0 Å². The van der Waals surface area contributed by atoms with Crippen molar-refractivity contribution in [3.8, 4) is 0 Å². The first kappa shape index (κ1) is 10.8. The molecule has 0 fully saturated rings. The second kappa shape index (κ2) is 4.02. The molecule has 2 aromatic rings. The van der Waals surface area contributed by atoms with Crippen LogP contribution in [0.25, 0.3) is 11.0 Å². The van der Waals surface area contributed by atoms with E-state index >= 15 is 0 Å². The van der Waals surface area contributed by atoms with Crippen molar-refractivity contribution in [2.24, 2.45) is 0 Å². The summed E-state index contributed by atoms with van der Waals surface area (Å²) >= 11 is 5.66. The predicted octanol–water partition coefficient (Wildman–Crippen LogP) is 2.21. The molecule has 0 N–H and O–H groups in total. The van der Waals surface area contributed by atoms with Gasteiger partial charge in [-0.15, -0.1) is 0 Å². The Morgan fingerprint density at radius 3 is 2.94 bits per heavy atom. The summed E-state index contributed by atoms with van der Waals surface area (Å²) in [6.45, 7) is 0. The van der Waals surface area contributed by atoms with Crippen LogP contribution in [0.4, 0.5) is 4.39 Å². The monoisotopic (exact) mass is 240 g/mol. The number of carbonyl (C=O) groups excluding carboxylic acids is 1. The zero-order valence-corrected chi connectivity index (χ0v) is 8.95. The third-order valence-corrected chi connectivity index (χ3v) is 2.17. The Labute approximate surface area is 95.0 Å². The molecule has 0 atom stereocenters. The highest BCUT2D eigenvalue weighted by Crippen LogP contribution is 2.19. The average molecular weight is 241 g/mol. The quantitative estimate of drug-likeness (QED) is 0.717. The number of aromatic nitrogens is 2. The highest BCUT2D eigenvalue weighted by molar-refractivity contribution is 6.29. The van der Waals surface area contributed by atoms with Gasteiger partial charge < -0.3 is 4.74 Å². The lowest BCUT2D eigenvalue weighted by atomic mass is 10.1. The Morgan fingerprint density at radius 1 is 1.50 bits per heavy atom. The maximum absolute atomic E-state index is 13.2. The molecule has 1 heterocycles. The van der Waals surface area contributed by atoms with Crippen LogP contribution in [0.5, 0.6) is 0 Å². The molecule has 0 radical (unpaired) electrons. The van der Waals surface area contributed by atoms with Gasteiger partial charge >= 0.3 is 5.97 Å². The summed E-state index contributed by atoms with van der Waals surface area (Å²) in [6, 6.07) is 2.21. The summed E-state index contributed by atoms with van der Waals surface area (Å²) in [5.74, 6) is -1.26. The lowest BCUT2D eigenvalue weighted by Gasteiger charge is -2.04. The number of fused-ring (bicyclic) bond motifs is 1. The lowest BCUT2D eigenvalue weighted by Crippen LogP contribution is -2.04. The second-order valence-electron chi connectivity index (χ2n) is 3.01. The molecule has 0 unspecified atom stereocenters. The van der Waals surface area contributed by atoms with E-state index in [1.54, 1.807) is 0 Å². The Bertz CT molecular complexity index is 574. The minimum atomic E-state index is -0.680. The van der Waals surface area contributed by atoms with Crippen molar-refractivity contribution in [2.45, 2.75) is 0 Å². The Hall–Kier alpha value is -1.75. The van der Waals surface area contributed by atoms with Crippen LogP contribution in [0.3, 0.4) is 0 Å². The van der Waals surface area contributed by atoms with Gasteiger partial charge in [-0.1, -0.05) is 11.6 Å². The number of ether oxygens (including phenoxy) is 1. The van der Waals surface area contributed by atoms with Crippen molar-refractivity contribution < 1.29 is 13.9 Å². The van der Waals surface area contributed by atoms with Gasteiger partial charge in [-0.25, -0.2) is 14.2 Å². The van der Waals surface area contributed by atoms with Gasteiger partial charge in [-0.3, -0.25) is 4.98 Å². The third-order valence-electron chi connectivity index (χ3n) is 1.99. The molecular weight excluding hydrogens is 235 g/mol. The standard InChI is InChI=1S/C10H6ClFN2O2/c1-16-10(15)6-2-5(12)3-7-9(6)14-8(11)4-13-7/h2-4H,1H3. The van der Waals surface area contributed by atoms with Gasteiger partial charge in [0.15, 0.2) is 0 Å². The SMILES string of the molecule is COC(=O)c1cc(F)cc2ncc(Cl)nc12. The molecule has 4 nitrogen and oxygen atoms in total. The summed E-state index contributed by atoms with van der Waals surface area (Å²) in [5.41, 5.74) is 0.484. The second-order valence-corrected chi connectivity index (χ2v) is 3.39. The smallest absolute Gasteiger partial charge is 0.340 e. The highest BCUT2D eigenvalue weighted by Gasteiger charge is 2.14. The van der Waals surface area contributed by atoms with E-state index in [1.807, 2.05) is 0 Å². The zero-order valence-electron chi connectivity index (χ0n) is 8.20. The maximum atomic E-state index is 13.2. The fourth-order valence-electron chi connectivity index (χ4n) is 1.32. The van der Waals surface area contributed by atoms with Crippen LogP contribution in [-0.4, -0.2) is 23.0 Å². The first-order valence-corrected chi connectivity index (χ1v) is 4.69. The van der Waals surface area contributed by atoms with Gasteiger partial charge in [0.05, 0.1) is 24.4 Å². The molecule has 2 rings (SSSR count). The first-order valence-electron chi connectivity index (χ1n) is 4.32. The van der Waals surface area contributed by atoms with Crippen molar-refractivity contribution in [3.63, 3.8) is 0 Å². The Balaban J connectivity index is 2.79. The highest BCUT2D eigenvalue weighted by atomic mass is 35.5. The van der Waals surface area contributed by atoms with Gasteiger partial charge in [-0.05, 0) is 6.07 Å². The molecule has 0 saturated carbocycles. The maximum Gasteiger partial charge on any atom is 0.340 e. The molecule has 0 saturated heterocycles. The van der Waals surface area contributed by atoms with Gasteiger partial charge in [0, 0.05) is 6.07 Å². The molecule has 0 bridgehead atoms. The van der Waals surface area contributed by atoms with Gasteiger partial charge in [0.1, 0.15) is 16.5 Å². The van der Waals surface area contributed by atoms with Crippen LogP contribution in [-0.2, 0) is 4.74 Å². The molecule has 1 aromatic carbocycles. The van der Waals surface area contributed by atoms with E-state index < -0.39 is 11.8 Å². The van der Waals surface area contributed by atoms with E-state index in [-0.39, 0.29) is 21.7 Å². The topological polar surface area (TPSA) is 52.1 Å². The summed E-state index contributed by atoms with van der Waals surface area (Å²) in [7, 11) is 1.21. The number of methoxy groups -OCH3 is 1. The molecule has 16 heavy (non-hydrogen) atoms. The number of hydrogen-bond acceptors (Lipinski definition) is 4. The van der Waals surface area contributed by atoms with Crippen LogP contribution in [0.15, 0.2) is 18.3 Å². The van der Waals surface area contributed by atoms with Crippen molar-refractivity contribution in [2.75, 3.05) is 7.11 Å². The molecule has 0 aliphatic rings. The number of carbonyl (C=O) groups is 1. The number of benzene rings is 1. The van der Waals surface area contributed by atoms with E-state index in [4.69, 9.17) is 11.6 Å². The molecule has 0 aliphatic carbocycles. The number of esters is 1. The molecule has 0 amide bonds. The average Bonchev–Trinajstić information content (AvgIpc) is 2.27. The summed E-state index contributed by atoms with van der Waals surface area (Å²) < 4.78 is 17.7. The van der Waals surface area contributed by atoms with Crippen molar-refractivity contribution in [1.82, 2.24) is 9.97 Å². The number of rotatable bonds is 1. The summed E-state index contributed by atoms with van der Waals surface area (Å²) in [6.07, 6.45) is 1.28. The Kier molecular flexibility index (Phi) is 2.70. The summed E-state index contributed by atoms with van der Waals surface area (Å²) in [4.78, 5) is 19.2. The number of hydrogen-bond donors (Lipinski definition) is 0. The van der Waals surface area contributed by atoms with Gasteiger partial charge in [0.25, 0.3) is 0 Å². The molecule has 0 aliphatic heterocycles.